The van der Waals surface area contributed by atoms with E-state index in [1.165, 1.54) is 11.1 Å². The Morgan fingerprint density at radius 1 is 1.00 bits per heavy atom. The highest BCUT2D eigenvalue weighted by atomic mass is 16.5. The van der Waals surface area contributed by atoms with Gasteiger partial charge in [0.2, 0.25) is 0 Å². The van der Waals surface area contributed by atoms with Crippen molar-refractivity contribution in [2.45, 2.75) is 46.2 Å². The largest absolute Gasteiger partial charge is 0.381 e. The Morgan fingerprint density at radius 3 is 2.37 bits per heavy atom. The molecular formula is C35H41N3O3. The van der Waals surface area contributed by atoms with Crippen LogP contribution in [0.1, 0.15) is 53.7 Å². The molecule has 6 nitrogen and oxygen atoms in total. The van der Waals surface area contributed by atoms with Gasteiger partial charge in [0, 0.05) is 49.2 Å². The van der Waals surface area contributed by atoms with E-state index in [0.29, 0.717) is 23.7 Å². The highest BCUT2D eigenvalue weighted by Gasteiger charge is 2.27. The zero-order valence-corrected chi connectivity index (χ0v) is 24.7. The van der Waals surface area contributed by atoms with Crippen LogP contribution in [0.15, 0.2) is 72.3 Å². The van der Waals surface area contributed by atoms with Crippen molar-refractivity contribution >= 4 is 23.6 Å². The number of carbonyl (C=O) groups is 2. The van der Waals surface area contributed by atoms with Gasteiger partial charge >= 0.3 is 0 Å². The van der Waals surface area contributed by atoms with Crippen LogP contribution in [0.5, 0.6) is 0 Å². The van der Waals surface area contributed by atoms with Crippen LogP contribution in [0.4, 0.5) is 5.69 Å². The molecule has 0 radical (unpaired) electrons. The lowest BCUT2D eigenvalue weighted by Gasteiger charge is -2.31. The molecule has 0 bridgehead atoms. The molecule has 0 atom stereocenters. The first-order chi connectivity index (χ1) is 19.8. The summed E-state index contributed by atoms with van der Waals surface area (Å²) in [5.74, 6) is 0.0527. The van der Waals surface area contributed by atoms with Gasteiger partial charge in [-0.2, -0.15) is 0 Å². The van der Waals surface area contributed by atoms with Gasteiger partial charge < -0.3 is 15.0 Å². The van der Waals surface area contributed by atoms with Crippen molar-refractivity contribution < 1.29 is 14.3 Å². The van der Waals surface area contributed by atoms with E-state index >= 15 is 0 Å². The number of ether oxygens (including phenoxy) is 1. The van der Waals surface area contributed by atoms with Gasteiger partial charge in [-0.3, -0.25) is 14.5 Å². The lowest BCUT2D eigenvalue weighted by molar-refractivity contribution is -0.113. The summed E-state index contributed by atoms with van der Waals surface area (Å²) in [7, 11) is 2.16. The summed E-state index contributed by atoms with van der Waals surface area (Å²) in [6.07, 6.45) is 4.01. The van der Waals surface area contributed by atoms with Crippen LogP contribution < -0.4 is 5.32 Å². The third-order valence-corrected chi connectivity index (χ3v) is 7.98. The van der Waals surface area contributed by atoms with E-state index in [1.807, 2.05) is 36.4 Å². The molecule has 2 heterocycles. The summed E-state index contributed by atoms with van der Waals surface area (Å²) < 4.78 is 5.50. The Morgan fingerprint density at radius 2 is 1.68 bits per heavy atom. The number of fused-ring (bicyclic) bond motifs is 1. The topological polar surface area (TPSA) is 61.9 Å². The summed E-state index contributed by atoms with van der Waals surface area (Å²) in [5.41, 5.74) is 7.22. The highest BCUT2D eigenvalue weighted by Crippen LogP contribution is 2.28. The molecule has 41 heavy (non-hydrogen) atoms. The molecule has 6 heteroatoms. The standard InChI is InChI=1S/C35H41N3O3/c1-24(2)21-38-23-30(20-29-19-28(11-14-33(29)35(38)40)27-9-5-25(3)6-10-27)34(39)36-31-12-7-26(8-13-31)22-37(4)32-15-17-41-18-16-32/h5-14,19-20,24,32H,15-18,21-23H2,1-4H3,(H,36,39). The molecule has 0 spiro atoms. The van der Waals surface area contributed by atoms with Gasteiger partial charge in [0.15, 0.2) is 0 Å². The third kappa shape index (κ3) is 7.13. The number of aryl methyl sites for hydroxylation is 1. The van der Waals surface area contributed by atoms with Crippen LogP contribution in [-0.2, 0) is 16.1 Å². The van der Waals surface area contributed by atoms with E-state index in [0.717, 1.165) is 55.0 Å². The van der Waals surface area contributed by atoms with Crippen molar-refractivity contribution in [1.29, 1.82) is 0 Å². The molecule has 3 aromatic carbocycles. The fourth-order valence-electron chi connectivity index (χ4n) is 5.66. The second kappa shape index (κ2) is 12.8. The van der Waals surface area contributed by atoms with Crippen LogP contribution in [0.3, 0.4) is 0 Å². The second-order valence-electron chi connectivity index (χ2n) is 11.8. The van der Waals surface area contributed by atoms with Gasteiger partial charge in [0.25, 0.3) is 11.8 Å². The number of nitrogens with one attached hydrogen (secondary N) is 1. The molecule has 5 rings (SSSR count). The minimum atomic E-state index is -0.188. The maximum Gasteiger partial charge on any atom is 0.254 e. The quantitative estimate of drug-likeness (QED) is 0.352. The summed E-state index contributed by atoms with van der Waals surface area (Å²) in [6.45, 7) is 9.60. The first-order valence-corrected chi connectivity index (χ1v) is 14.7. The normalized spacial score (nSPS) is 16.0. The van der Waals surface area contributed by atoms with Crippen LogP contribution >= 0.6 is 0 Å². The summed E-state index contributed by atoms with van der Waals surface area (Å²) >= 11 is 0. The number of hydrogen-bond donors (Lipinski definition) is 1. The van der Waals surface area contributed by atoms with Crippen molar-refractivity contribution in [2.75, 3.05) is 38.7 Å². The molecule has 0 unspecified atom stereocenters. The monoisotopic (exact) mass is 551 g/mol. The molecular weight excluding hydrogens is 510 g/mol. The van der Waals surface area contributed by atoms with Gasteiger partial charge in [0.05, 0.1) is 6.54 Å². The average Bonchev–Trinajstić information content (AvgIpc) is 3.10. The number of rotatable bonds is 8. The minimum Gasteiger partial charge on any atom is -0.381 e. The van der Waals surface area contributed by atoms with Crippen molar-refractivity contribution in [3.8, 4) is 11.1 Å². The molecule has 1 saturated heterocycles. The molecule has 0 saturated carbocycles. The zero-order valence-electron chi connectivity index (χ0n) is 24.7. The first kappa shape index (κ1) is 28.8. The van der Waals surface area contributed by atoms with Crippen molar-refractivity contribution in [2.24, 2.45) is 5.92 Å². The number of amides is 2. The fraction of sp³-hybridized carbons (Fsp3) is 0.371. The van der Waals surface area contributed by atoms with E-state index in [4.69, 9.17) is 4.74 Å². The van der Waals surface area contributed by atoms with E-state index in [1.54, 1.807) is 4.90 Å². The van der Waals surface area contributed by atoms with Crippen LogP contribution in [-0.4, -0.2) is 61.0 Å². The molecule has 2 amide bonds. The van der Waals surface area contributed by atoms with Crippen molar-refractivity contribution in [1.82, 2.24) is 9.80 Å². The SMILES string of the molecule is Cc1ccc(-c2ccc3c(c2)C=C(C(=O)Nc2ccc(CN(C)C4CCOCC4)cc2)CN(CC(C)C)C3=O)cc1. The molecule has 1 fully saturated rings. The Balaban J connectivity index is 1.36. The maximum absolute atomic E-state index is 13.6. The maximum atomic E-state index is 13.6. The minimum absolute atomic E-state index is 0.0405. The smallest absolute Gasteiger partial charge is 0.254 e. The Labute approximate surface area is 244 Å². The van der Waals surface area contributed by atoms with Crippen LogP contribution in [0.25, 0.3) is 17.2 Å². The highest BCUT2D eigenvalue weighted by molar-refractivity contribution is 6.10. The van der Waals surface area contributed by atoms with E-state index in [9.17, 15) is 9.59 Å². The van der Waals surface area contributed by atoms with Crippen LogP contribution in [0, 0.1) is 12.8 Å². The Kier molecular flexibility index (Phi) is 9.01. The number of nitrogens with zero attached hydrogens (tertiary/aromatic N) is 2. The van der Waals surface area contributed by atoms with E-state index in [2.05, 4.69) is 74.4 Å². The third-order valence-electron chi connectivity index (χ3n) is 7.98. The number of benzene rings is 3. The van der Waals surface area contributed by atoms with Gasteiger partial charge in [-0.05, 0) is 85.3 Å². The number of carbonyl (C=O) groups excluding carboxylic acids is 2. The summed E-state index contributed by atoms with van der Waals surface area (Å²) in [5, 5.41) is 3.08. The first-order valence-electron chi connectivity index (χ1n) is 14.7. The molecule has 3 aromatic rings. The van der Waals surface area contributed by atoms with Crippen LogP contribution in [0.2, 0.25) is 0 Å². The average molecular weight is 552 g/mol. The number of hydrogen-bond acceptors (Lipinski definition) is 4. The lowest BCUT2D eigenvalue weighted by Crippen LogP contribution is -2.36. The van der Waals surface area contributed by atoms with Gasteiger partial charge in [0.1, 0.15) is 0 Å². The molecule has 2 aliphatic heterocycles. The predicted molar refractivity (Wildman–Crippen MR) is 166 cm³/mol. The van der Waals surface area contributed by atoms with Gasteiger partial charge in [-0.1, -0.05) is 61.9 Å². The number of anilines is 1. The summed E-state index contributed by atoms with van der Waals surface area (Å²) in [4.78, 5) is 31.4. The molecule has 214 valence electrons. The Hall–Kier alpha value is -3.74. The molecule has 0 aromatic heterocycles. The fourth-order valence-corrected chi connectivity index (χ4v) is 5.66. The molecule has 1 N–H and O–H groups in total. The van der Waals surface area contributed by atoms with Gasteiger partial charge in [-0.25, -0.2) is 0 Å². The zero-order chi connectivity index (χ0) is 28.9. The summed E-state index contributed by atoms with van der Waals surface area (Å²) in [6, 6.07) is 22.9. The van der Waals surface area contributed by atoms with E-state index < -0.39 is 0 Å². The molecule has 0 aliphatic carbocycles. The van der Waals surface area contributed by atoms with Crippen molar-refractivity contribution in [3.63, 3.8) is 0 Å². The second-order valence-corrected chi connectivity index (χ2v) is 11.8. The van der Waals surface area contributed by atoms with Gasteiger partial charge in [-0.15, -0.1) is 0 Å². The van der Waals surface area contributed by atoms with E-state index in [-0.39, 0.29) is 24.3 Å². The lowest BCUT2D eigenvalue weighted by atomic mass is 9.97. The molecule has 2 aliphatic rings. The van der Waals surface area contributed by atoms with Crippen molar-refractivity contribution in [3.05, 3.63) is 94.6 Å². The predicted octanol–water partition coefficient (Wildman–Crippen LogP) is 6.41. The Bertz CT molecular complexity index is 1400.